The van der Waals surface area contributed by atoms with Gasteiger partial charge in [0.1, 0.15) is 23.9 Å². The van der Waals surface area contributed by atoms with Gasteiger partial charge in [0.25, 0.3) is 5.91 Å². The summed E-state index contributed by atoms with van der Waals surface area (Å²) in [6, 6.07) is 10.7. The average molecular weight is 939 g/mol. The minimum absolute atomic E-state index is 0. The van der Waals surface area contributed by atoms with Crippen molar-refractivity contribution in [3.05, 3.63) is 71.5 Å². The standard InChI is InChI=1S/C47H60N6O8.3H2S/c1-9-52-39-13-12-30-21-34(39)35(41(52)36-23-48-15-14-31(36)24-59-8)22-46(4,5)25-61-44(57)37-11-10-16-53(50-37)43(56)38(19-29-17-32(30)20-33(54)18-29)49-42(55)40(28(2)3)51(7)45(58)47(6)26-60-27-47;;;/h12-15,17-18,20-21,23,28,37-38,40,50,54H,9-11,16,19,22,24-27H2,1-8H3,(H,49,55);3*1H2/t37-,38-,40-;;;/m0.../s1. The molecule has 350 valence electrons. The third kappa shape index (κ3) is 10.7. The van der Waals surface area contributed by atoms with E-state index in [-0.39, 0.29) is 84.3 Å². The van der Waals surface area contributed by atoms with Crippen LogP contribution in [0.15, 0.2) is 54.9 Å². The van der Waals surface area contributed by atoms with Crippen molar-refractivity contribution in [1.29, 1.82) is 0 Å². The van der Waals surface area contributed by atoms with Gasteiger partial charge in [0.05, 0.1) is 37.5 Å². The van der Waals surface area contributed by atoms with Crippen LogP contribution in [0.25, 0.3) is 33.3 Å². The molecule has 14 nitrogen and oxygen atoms in total. The largest absolute Gasteiger partial charge is 0.508 e. The Bertz CT molecular complexity index is 2330. The number of benzene rings is 2. The minimum atomic E-state index is -1.12. The van der Waals surface area contributed by atoms with Crippen LogP contribution in [-0.4, -0.2) is 107 Å². The first-order valence-electron chi connectivity index (χ1n) is 21.3. The molecule has 0 radical (unpaired) electrons. The smallest absolute Gasteiger partial charge is 0.324 e. The van der Waals surface area contributed by atoms with Crippen LogP contribution in [0, 0.1) is 16.7 Å². The summed E-state index contributed by atoms with van der Waals surface area (Å²) in [7, 11) is 3.29. The fourth-order valence-electron chi connectivity index (χ4n) is 9.20. The quantitative estimate of drug-likeness (QED) is 0.176. The Labute approximate surface area is 397 Å². The zero-order valence-electron chi connectivity index (χ0n) is 38.2. The Morgan fingerprint density at radius 3 is 2.44 bits per heavy atom. The number of hydrogen-bond donors (Lipinski definition) is 3. The number of aryl methyl sites for hydroxylation is 1. The van der Waals surface area contributed by atoms with E-state index in [4.69, 9.17) is 14.2 Å². The summed E-state index contributed by atoms with van der Waals surface area (Å²) in [4.78, 5) is 62.4. The Balaban J connectivity index is 0.00000299. The third-order valence-corrected chi connectivity index (χ3v) is 12.3. The Morgan fingerprint density at radius 2 is 1.78 bits per heavy atom. The first kappa shape index (κ1) is 52.4. The van der Waals surface area contributed by atoms with Gasteiger partial charge in [-0.2, -0.15) is 40.5 Å². The van der Waals surface area contributed by atoms with E-state index in [0.717, 1.165) is 44.4 Å². The number of aromatic nitrogens is 2. The second kappa shape index (κ2) is 21.4. The number of phenols is 1. The maximum Gasteiger partial charge on any atom is 0.324 e. The van der Waals surface area contributed by atoms with Gasteiger partial charge >= 0.3 is 5.97 Å². The van der Waals surface area contributed by atoms with E-state index in [9.17, 15) is 24.3 Å². The number of nitrogens with zero attached hydrogens (tertiary/aromatic N) is 4. The number of carbonyl (C=O) groups excluding carboxylic acids is 4. The van der Waals surface area contributed by atoms with E-state index >= 15 is 0 Å². The molecule has 3 atom stereocenters. The van der Waals surface area contributed by atoms with E-state index in [1.807, 2.05) is 45.2 Å². The minimum Gasteiger partial charge on any atom is -0.508 e. The van der Waals surface area contributed by atoms with Crippen LogP contribution >= 0.6 is 40.5 Å². The summed E-state index contributed by atoms with van der Waals surface area (Å²) < 4.78 is 19.3. The molecule has 5 heterocycles. The molecule has 2 fully saturated rings. The first-order valence-corrected chi connectivity index (χ1v) is 21.3. The molecular formula is C47H66N6O8S3. The lowest BCUT2D eigenvalue weighted by Crippen LogP contribution is -2.63. The first-order chi connectivity index (χ1) is 29.0. The fourth-order valence-corrected chi connectivity index (χ4v) is 9.20. The molecule has 64 heavy (non-hydrogen) atoms. The molecule has 3 amide bonds. The van der Waals surface area contributed by atoms with Crippen molar-refractivity contribution in [1.82, 2.24) is 30.2 Å². The number of carbonyl (C=O) groups is 4. The van der Waals surface area contributed by atoms with E-state index in [1.54, 1.807) is 32.5 Å². The number of rotatable bonds is 9. The molecule has 2 aromatic carbocycles. The zero-order chi connectivity index (χ0) is 43.8. The Kier molecular flexibility index (Phi) is 17.5. The van der Waals surface area contributed by atoms with Crippen LogP contribution in [0.3, 0.4) is 0 Å². The number of phenolic OH excluding ortho intramolecular Hbond substituents is 1. The normalized spacial score (nSPS) is 19.7. The molecule has 7 rings (SSSR count). The Hall–Kier alpha value is -4.26. The summed E-state index contributed by atoms with van der Waals surface area (Å²) in [5.41, 5.74) is 9.13. The number of hydrazine groups is 1. The van der Waals surface area contributed by atoms with Crippen LogP contribution in [0.1, 0.15) is 71.1 Å². The summed E-state index contributed by atoms with van der Waals surface area (Å²) >= 11 is 0. The van der Waals surface area contributed by atoms with Gasteiger partial charge in [-0.05, 0) is 97.2 Å². The number of cyclic esters (lactones) is 1. The average Bonchev–Trinajstić information content (AvgIpc) is 3.52. The van der Waals surface area contributed by atoms with Crippen molar-refractivity contribution in [2.24, 2.45) is 16.7 Å². The second-order valence-electron chi connectivity index (χ2n) is 18.3. The van der Waals surface area contributed by atoms with Crippen molar-refractivity contribution in [3.63, 3.8) is 0 Å². The fraction of sp³-hybridized carbons (Fsp3) is 0.511. The van der Waals surface area contributed by atoms with E-state index in [2.05, 4.69) is 53.2 Å². The molecule has 3 aliphatic rings. The van der Waals surface area contributed by atoms with Gasteiger partial charge in [-0.3, -0.25) is 29.2 Å². The van der Waals surface area contributed by atoms with Gasteiger partial charge in [0.15, 0.2) is 0 Å². The molecule has 0 spiro atoms. The predicted molar refractivity (Wildman–Crippen MR) is 262 cm³/mol. The number of amides is 3. The highest BCUT2D eigenvalue weighted by Crippen LogP contribution is 2.41. The molecule has 0 aliphatic carbocycles. The molecule has 0 unspecified atom stereocenters. The van der Waals surface area contributed by atoms with Crippen molar-refractivity contribution < 1.29 is 38.5 Å². The zero-order valence-corrected chi connectivity index (χ0v) is 41.2. The molecule has 3 N–H and O–H groups in total. The lowest BCUT2D eigenvalue weighted by atomic mass is 9.84. The van der Waals surface area contributed by atoms with Crippen LogP contribution < -0.4 is 10.7 Å². The highest BCUT2D eigenvalue weighted by atomic mass is 32.1. The molecule has 2 saturated heterocycles. The summed E-state index contributed by atoms with van der Waals surface area (Å²) in [6.45, 7) is 13.9. The molecule has 0 saturated carbocycles. The molecule has 2 aromatic heterocycles. The van der Waals surface area contributed by atoms with E-state index < -0.39 is 46.7 Å². The van der Waals surface area contributed by atoms with Crippen molar-refractivity contribution in [3.8, 4) is 28.1 Å². The van der Waals surface area contributed by atoms with Gasteiger partial charge in [-0.25, -0.2) is 5.43 Å². The van der Waals surface area contributed by atoms with Gasteiger partial charge in [0, 0.05) is 67.9 Å². The van der Waals surface area contributed by atoms with Crippen molar-refractivity contribution in [2.75, 3.05) is 40.5 Å². The molecule has 4 aromatic rings. The summed E-state index contributed by atoms with van der Waals surface area (Å²) in [5.74, 6) is -1.89. The SMILES string of the molecule is CCn1c(-c2cnccc2COC)c2c3cc(ccc31)-c1cc(O)cc(c1)C[C@H](NC(=O)[C@H](C(C)C)N(C)C(=O)C1(C)COC1)C(=O)N1CCC[C@H](N1)C(=O)OCC(C)(C)C2.S.S.S. The van der Waals surface area contributed by atoms with Gasteiger partial charge in [-0.1, -0.05) is 39.8 Å². The van der Waals surface area contributed by atoms with Crippen LogP contribution in [0.4, 0.5) is 0 Å². The maximum atomic E-state index is 14.6. The number of nitrogens with one attached hydrogen (secondary N) is 2. The van der Waals surface area contributed by atoms with Crippen LogP contribution in [0.2, 0.25) is 0 Å². The monoisotopic (exact) mass is 938 g/mol. The lowest BCUT2D eigenvalue weighted by molar-refractivity contribution is -0.172. The second-order valence-corrected chi connectivity index (χ2v) is 18.3. The number of ether oxygens (including phenoxy) is 3. The van der Waals surface area contributed by atoms with Crippen molar-refractivity contribution in [2.45, 2.75) is 98.5 Å². The van der Waals surface area contributed by atoms with E-state index in [0.29, 0.717) is 44.5 Å². The molecule has 6 bridgehead atoms. The number of methoxy groups -OCH3 is 1. The van der Waals surface area contributed by atoms with Gasteiger partial charge in [-0.15, -0.1) is 0 Å². The highest BCUT2D eigenvalue weighted by molar-refractivity contribution is 7.59. The molecule has 17 heteroatoms. The van der Waals surface area contributed by atoms with Gasteiger partial charge < -0.3 is 34.1 Å². The maximum absolute atomic E-state index is 14.6. The van der Waals surface area contributed by atoms with Gasteiger partial charge in [0.2, 0.25) is 11.8 Å². The topological polar surface area (TPSA) is 165 Å². The lowest BCUT2D eigenvalue weighted by Gasteiger charge is -2.42. The number of pyridine rings is 1. The number of esters is 1. The molecular weight excluding hydrogens is 873 g/mol. The Morgan fingerprint density at radius 1 is 1.05 bits per heavy atom. The number of hydrogen-bond acceptors (Lipinski definition) is 10. The van der Waals surface area contributed by atoms with Crippen molar-refractivity contribution >= 4 is 75.1 Å². The number of aromatic hydroxyl groups is 1. The highest BCUT2D eigenvalue weighted by Gasteiger charge is 2.46. The third-order valence-electron chi connectivity index (χ3n) is 12.3. The number of likely N-dealkylation sites (N-methyl/N-ethyl adjacent to an activating group) is 1. The van der Waals surface area contributed by atoms with E-state index in [1.165, 1.54) is 9.91 Å². The van der Waals surface area contributed by atoms with Crippen LogP contribution in [-0.2, 0) is 59.4 Å². The predicted octanol–water partition coefficient (Wildman–Crippen LogP) is 5.75. The summed E-state index contributed by atoms with van der Waals surface area (Å²) in [6.07, 6.45) is 5.22. The summed E-state index contributed by atoms with van der Waals surface area (Å²) in [5, 5.41) is 16.7. The molecule has 3 aliphatic heterocycles. The number of fused-ring (bicyclic) bond motifs is 6. The van der Waals surface area contributed by atoms with Crippen LogP contribution in [0.5, 0.6) is 5.75 Å².